The molecule has 0 aliphatic rings. The highest BCUT2D eigenvalue weighted by molar-refractivity contribution is 5.25. The van der Waals surface area contributed by atoms with E-state index >= 15 is 0 Å². The molecule has 4 heteroatoms. The smallest absolute Gasteiger partial charge is 0.153 e. The van der Waals surface area contributed by atoms with E-state index < -0.39 is 0 Å². The van der Waals surface area contributed by atoms with Gasteiger partial charge in [0.1, 0.15) is 5.82 Å². The third kappa shape index (κ3) is 1.51. The molecule has 2 aromatic heterocycles. The summed E-state index contributed by atoms with van der Waals surface area (Å²) in [5, 5.41) is 4.24. The van der Waals surface area contributed by atoms with E-state index in [2.05, 4.69) is 10.1 Å². The van der Waals surface area contributed by atoms with E-state index in [1.807, 2.05) is 19.9 Å². The van der Waals surface area contributed by atoms with Gasteiger partial charge in [0, 0.05) is 5.69 Å². The molecule has 0 fully saturated rings. The number of pyridine rings is 1. The van der Waals surface area contributed by atoms with Crippen LogP contribution in [0.4, 0.5) is 4.39 Å². The van der Waals surface area contributed by atoms with E-state index in [4.69, 9.17) is 0 Å². The molecule has 0 radical (unpaired) electrons. The van der Waals surface area contributed by atoms with Crippen molar-refractivity contribution in [2.24, 2.45) is 0 Å². The lowest BCUT2D eigenvalue weighted by molar-refractivity contribution is 0.618. The van der Waals surface area contributed by atoms with Gasteiger partial charge in [-0.05, 0) is 32.0 Å². The van der Waals surface area contributed by atoms with Gasteiger partial charge < -0.3 is 0 Å². The molecule has 2 aromatic rings. The fraction of sp³-hybridized carbons (Fsp3) is 0.200. The summed E-state index contributed by atoms with van der Waals surface area (Å²) in [7, 11) is 0. The Hall–Kier alpha value is -1.71. The fourth-order valence-electron chi connectivity index (χ4n) is 1.35. The highest BCUT2D eigenvalue weighted by Gasteiger charge is 2.04. The van der Waals surface area contributed by atoms with Crippen LogP contribution in [0.5, 0.6) is 0 Å². The molecular formula is C10H10FN3. The van der Waals surface area contributed by atoms with Crippen molar-refractivity contribution in [2.75, 3.05) is 0 Å². The zero-order valence-corrected chi connectivity index (χ0v) is 8.03. The van der Waals surface area contributed by atoms with Gasteiger partial charge in [-0.3, -0.25) is 0 Å². The van der Waals surface area contributed by atoms with Gasteiger partial charge >= 0.3 is 0 Å². The first-order chi connectivity index (χ1) is 6.66. The van der Waals surface area contributed by atoms with Gasteiger partial charge in [0.25, 0.3) is 0 Å². The quantitative estimate of drug-likeness (QED) is 0.690. The predicted molar refractivity (Wildman–Crippen MR) is 50.8 cm³/mol. The Morgan fingerprint density at radius 3 is 2.57 bits per heavy atom. The highest BCUT2D eigenvalue weighted by atomic mass is 19.1. The van der Waals surface area contributed by atoms with Crippen LogP contribution in [0.3, 0.4) is 0 Å². The van der Waals surface area contributed by atoms with Crippen molar-refractivity contribution in [3.63, 3.8) is 0 Å². The summed E-state index contributed by atoms with van der Waals surface area (Å²) in [6.45, 7) is 3.85. The minimum Gasteiger partial charge on any atom is -0.234 e. The Balaban J connectivity index is 2.49. The number of hydrogen-bond acceptors (Lipinski definition) is 2. The molecule has 0 aromatic carbocycles. The number of halogens is 1. The van der Waals surface area contributed by atoms with Crippen LogP contribution in [0.1, 0.15) is 11.4 Å². The molecule has 0 unspecified atom stereocenters. The first-order valence-corrected chi connectivity index (χ1v) is 4.32. The van der Waals surface area contributed by atoms with E-state index in [0.717, 1.165) is 11.4 Å². The summed E-state index contributed by atoms with van der Waals surface area (Å²) in [5.74, 6) is 0.298. The Bertz CT molecular complexity index is 445. The van der Waals surface area contributed by atoms with E-state index in [0.29, 0.717) is 5.82 Å². The Kier molecular flexibility index (Phi) is 2.04. The Labute approximate surface area is 81.2 Å². The normalized spacial score (nSPS) is 10.5. The van der Waals surface area contributed by atoms with E-state index in [1.54, 1.807) is 10.7 Å². The summed E-state index contributed by atoms with van der Waals surface area (Å²) in [5.41, 5.74) is 1.91. The summed E-state index contributed by atoms with van der Waals surface area (Å²) in [4.78, 5) is 3.95. The van der Waals surface area contributed by atoms with Crippen LogP contribution in [-0.2, 0) is 0 Å². The van der Waals surface area contributed by atoms with Gasteiger partial charge in [-0.15, -0.1) is 0 Å². The molecule has 2 heterocycles. The highest BCUT2D eigenvalue weighted by Crippen LogP contribution is 2.09. The Morgan fingerprint density at radius 2 is 2.07 bits per heavy atom. The average Bonchev–Trinajstić information content (AvgIpc) is 2.47. The van der Waals surface area contributed by atoms with Crippen molar-refractivity contribution in [3.05, 3.63) is 41.6 Å². The van der Waals surface area contributed by atoms with E-state index in [9.17, 15) is 4.39 Å². The molecule has 0 aliphatic carbocycles. The van der Waals surface area contributed by atoms with Crippen molar-refractivity contribution < 1.29 is 4.39 Å². The van der Waals surface area contributed by atoms with Gasteiger partial charge in [-0.2, -0.15) is 5.10 Å². The van der Waals surface area contributed by atoms with E-state index in [-0.39, 0.29) is 5.82 Å². The summed E-state index contributed by atoms with van der Waals surface area (Å²) >= 11 is 0. The predicted octanol–water partition coefficient (Wildman–Crippen LogP) is 2.02. The van der Waals surface area contributed by atoms with Crippen LogP contribution >= 0.6 is 0 Å². The summed E-state index contributed by atoms with van der Waals surface area (Å²) in [6.07, 6.45) is 1.19. The standard InChI is InChI=1S/C10H10FN3/c1-7-5-8(2)14(13-7)10-4-3-9(11)6-12-10/h3-6H,1-2H3. The molecule has 0 saturated carbocycles. The van der Waals surface area contributed by atoms with Crippen LogP contribution in [0.15, 0.2) is 24.4 Å². The van der Waals surface area contributed by atoms with Crippen molar-refractivity contribution in [1.82, 2.24) is 14.8 Å². The zero-order valence-electron chi connectivity index (χ0n) is 8.03. The van der Waals surface area contributed by atoms with Gasteiger partial charge in [0.2, 0.25) is 0 Å². The summed E-state index contributed by atoms with van der Waals surface area (Å²) in [6, 6.07) is 4.93. The fourth-order valence-corrected chi connectivity index (χ4v) is 1.35. The molecule has 0 amide bonds. The maximum atomic E-state index is 12.6. The molecule has 0 aliphatic heterocycles. The second kappa shape index (κ2) is 3.21. The first kappa shape index (κ1) is 8.87. The minimum absolute atomic E-state index is 0.338. The lowest BCUT2D eigenvalue weighted by atomic mass is 10.4. The van der Waals surface area contributed by atoms with Gasteiger partial charge in [-0.1, -0.05) is 0 Å². The van der Waals surface area contributed by atoms with Crippen molar-refractivity contribution >= 4 is 0 Å². The van der Waals surface area contributed by atoms with Crippen LogP contribution in [0.2, 0.25) is 0 Å². The van der Waals surface area contributed by atoms with Crippen molar-refractivity contribution in [3.8, 4) is 5.82 Å². The van der Waals surface area contributed by atoms with Gasteiger partial charge in [0.05, 0.1) is 11.9 Å². The zero-order chi connectivity index (χ0) is 10.1. The second-order valence-corrected chi connectivity index (χ2v) is 3.17. The van der Waals surface area contributed by atoms with Crippen LogP contribution in [0.25, 0.3) is 5.82 Å². The van der Waals surface area contributed by atoms with Crippen molar-refractivity contribution in [2.45, 2.75) is 13.8 Å². The number of aromatic nitrogens is 3. The monoisotopic (exact) mass is 191 g/mol. The second-order valence-electron chi connectivity index (χ2n) is 3.17. The topological polar surface area (TPSA) is 30.7 Å². The van der Waals surface area contributed by atoms with Crippen LogP contribution < -0.4 is 0 Å². The largest absolute Gasteiger partial charge is 0.234 e. The minimum atomic E-state index is -0.338. The molecule has 0 N–H and O–H groups in total. The number of rotatable bonds is 1. The molecule has 0 bridgehead atoms. The number of nitrogens with zero attached hydrogens (tertiary/aromatic N) is 3. The van der Waals surface area contributed by atoms with Crippen LogP contribution in [0, 0.1) is 19.7 Å². The molecule has 2 rings (SSSR count). The number of aryl methyl sites for hydroxylation is 2. The van der Waals surface area contributed by atoms with Gasteiger partial charge in [0.15, 0.2) is 5.82 Å². The number of hydrogen-bond donors (Lipinski definition) is 0. The van der Waals surface area contributed by atoms with Gasteiger partial charge in [-0.25, -0.2) is 14.1 Å². The third-order valence-corrected chi connectivity index (χ3v) is 1.94. The molecular weight excluding hydrogens is 181 g/mol. The molecule has 72 valence electrons. The maximum absolute atomic E-state index is 12.6. The Morgan fingerprint density at radius 1 is 1.29 bits per heavy atom. The summed E-state index contributed by atoms with van der Waals surface area (Å²) < 4.78 is 14.3. The first-order valence-electron chi connectivity index (χ1n) is 4.32. The molecule has 0 saturated heterocycles. The maximum Gasteiger partial charge on any atom is 0.153 e. The average molecular weight is 191 g/mol. The van der Waals surface area contributed by atoms with Crippen molar-refractivity contribution in [1.29, 1.82) is 0 Å². The third-order valence-electron chi connectivity index (χ3n) is 1.94. The molecule has 3 nitrogen and oxygen atoms in total. The van der Waals surface area contributed by atoms with Crippen LogP contribution in [-0.4, -0.2) is 14.8 Å². The SMILES string of the molecule is Cc1cc(C)n(-c2ccc(F)cn2)n1. The lowest BCUT2D eigenvalue weighted by Crippen LogP contribution is -2.01. The molecule has 14 heavy (non-hydrogen) atoms. The molecule has 0 atom stereocenters. The lowest BCUT2D eigenvalue weighted by Gasteiger charge is -2.01. The van der Waals surface area contributed by atoms with E-state index in [1.165, 1.54) is 12.3 Å². The molecule has 0 spiro atoms.